The lowest BCUT2D eigenvalue weighted by Gasteiger charge is -2.25. The quantitative estimate of drug-likeness (QED) is 0.817. The van der Waals surface area contributed by atoms with Gasteiger partial charge in [-0.25, -0.2) is 0 Å². The van der Waals surface area contributed by atoms with Crippen LogP contribution in [-0.2, 0) is 0 Å². The van der Waals surface area contributed by atoms with Crippen LogP contribution in [0.2, 0.25) is 0 Å². The summed E-state index contributed by atoms with van der Waals surface area (Å²) in [6.07, 6.45) is 4.71. The molecule has 0 amide bonds. The van der Waals surface area contributed by atoms with E-state index in [0.29, 0.717) is 5.92 Å². The molecule has 3 atom stereocenters. The van der Waals surface area contributed by atoms with Crippen molar-refractivity contribution in [3.8, 4) is 0 Å². The Morgan fingerprint density at radius 3 is 2.75 bits per heavy atom. The van der Waals surface area contributed by atoms with Crippen LogP contribution in [0.3, 0.4) is 0 Å². The number of hydrogen-bond acceptors (Lipinski definition) is 1. The maximum absolute atomic E-state index is 10.5. The molecule has 0 spiro atoms. The minimum atomic E-state index is -0.256. The number of rotatable bonds is 3. The molecule has 3 unspecified atom stereocenters. The fraction of sp³-hybridized carbons (Fsp3) is 0.600. The van der Waals surface area contributed by atoms with Crippen LogP contribution in [0.25, 0.3) is 0 Å². The van der Waals surface area contributed by atoms with Gasteiger partial charge in [0.1, 0.15) is 0 Å². The maximum Gasteiger partial charge on any atom is 0.0823 e. The largest absolute Gasteiger partial charge is 0.388 e. The first kappa shape index (κ1) is 11.7. The van der Waals surface area contributed by atoms with Gasteiger partial charge in [0.15, 0.2) is 0 Å². The first-order valence-corrected chi connectivity index (χ1v) is 6.47. The standard InChI is InChI=1S/C15H22O/c1-3-12-8-6-10-14(12)15(16)13-9-5-4-7-11(13)2/h4-5,7,9,12,14-16H,3,6,8,10H2,1-2H3. The Bertz CT molecular complexity index is 345. The maximum atomic E-state index is 10.5. The summed E-state index contributed by atoms with van der Waals surface area (Å²) < 4.78 is 0. The molecule has 1 fully saturated rings. The normalized spacial score (nSPS) is 26.9. The van der Waals surface area contributed by atoms with E-state index in [2.05, 4.69) is 26.0 Å². The third kappa shape index (κ3) is 2.15. The predicted molar refractivity (Wildman–Crippen MR) is 67.3 cm³/mol. The lowest BCUT2D eigenvalue weighted by atomic mass is 9.84. The summed E-state index contributed by atoms with van der Waals surface area (Å²) in [6.45, 7) is 4.34. The summed E-state index contributed by atoms with van der Waals surface area (Å²) in [6, 6.07) is 8.23. The number of hydrogen-bond donors (Lipinski definition) is 1. The average molecular weight is 218 g/mol. The number of benzene rings is 1. The van der Waals surface area contributed by atoms with Crippen molar-refractivity contribution in [2.24, 2.45) is 11.8 Å². The molecule has 0 heterocycles. The fourth-order valence-corrected chi connectivity index (χ4v) is 3.14. The van der Waals surface area contributed by atoms with Crippen molar-refractivity contribution in [1.29, 1.82) is 0 Å². The van der Waals surface area contributed by atoms with Crippen LogP contribution in [0, 0.1) is 18.8 Å². The zero-order chi connectivity index (χ0) is 11.5. The highest BCUT2D eigenvalue weighted by Gasteiger charge is 2.32. The molecule has 1 heteroatoms. The summed E-state index contributed by atoms with van der Waals surface area (Å²) in [5.41, 5.74) is 2.35. The van der Waals surface area contributed by atoms with Gasteiger partial charge in [0.05, 0.1) is 6.10 Å². The summed E-state index contributed by atoms with van der Waals surface area (Å²) in [4.78, 5) is 0. The molecule has 1 saturated carbocycles. The van der Waals surface area contributed by atoms with Gasteiger partial charge in [0.2, 0.25) is 0 Å². The molecule has 0 aromatic heterocycles. The van der Waals surface area contributed by atoms with Gasteiger partial charge in [-0.15, -0.1) is 0 Å². The molecule has 16 heavy (non-hydrogen) atoms. The van der Waals surface area contributed by atoms with Crippen molar-refractivity contribution in [1.82, 2.24) is 0 Å². The summed E-state index contributed by atoms with van der Waals surface area (Å²) >= 11 is 0. The third-order valence-electron chi connectivity index (χ3n) is 4.15. The Morgan fingerprint density at radius 1 is 1.31 bits per heavy atom. The minimum Gasteiger partial charge on any atom is -0.388 e. The van der Waals surface area contributed by atoms with E-state index in [0.717, 1.165) is 11.5 Å². The van der Waals surface area contributed by atoms with Gasteiger partial charge in [-0.1, -0.05) is 50.5 Å². The Hall–Kier alpha value is -0.820. The van der Waals surface area contributed by atoms with E-state index < -0.39 is 0 Å². The second-order valence-corrected chi connectivity index (χ2v) is 5.06. The van der Waals surface area contributed by atoms with E-state index >= 15 is 0 Å². The van der Waals surface area contributed by atoms with Crippen LogP contribution < -0.4 is 0 Å². The molecule has 0 saturated heterocycles. The molecule has 0 radical (unpaired) electrons. The molecular formula is C15H22O. The van der Waals surface area contributed by atoms with Crippen LogP contribution in [0.4, 0.5) is 0 Å². The van der Waals surface area contributed by atoms with Crippen molar-refractivity contribution in [2.75, 3.05) is 0 Å². The Balaban J connectivity index is 2.18. The van der Waals surface area contributed by atoms with Crippen molar-refractivity contribution in [2.45, 2.75) is 45.6 Å². The van der Waals surface area contributed by atoms with Gasteiger partial charge in [0, 0.05) is 0 Å². The van der Waals surface area contributed by atoms with Crippen LogP contribution in [-0.4, -0.2) is 5.11 Å². The van der Waals surface area contributed by atoms with Gasteiger partial charge in [0.25, 0.3) is 0 Å². The third-order valence-corrected chi connectivity index (χ3v) is 4.15. The molecule has 1 aliphatic carbocycles. The smallest absolute Gasteiger partial charge is 0.0823 e. The van der Waals surface area contributed by atoms with Gasteiger partial charge in [-0.3, -0.25) is 0 Å². The van der Waals surface area contributed by atoms with Gasteiger partial charge in [-0.2, -0.15) is 0 Å². The van der Waals surface area contributed by atoms with E-state index in [4.69, 9.17) is 0 Å². The zero-order valence-electron chi connectivity index (χ0n) is 10.3. The second-order valence-electron chi connectivity index (χ2n) is 5.06. The molecule has 88 valence electrons. The number of aliphatic hydroxyl groups is 1. The molecule has 1 aromatic carbocycles. The highest BCUT2D eigenvalue weighted by molar-refractivity contribution is 5.28. The molecule has 0 bridgehead atoms. The molecule has 1 aromatic rings. The van der Waals surface area contributed by atoms with Crippen molar-refractivity contribution < 1.29 is 5.11 Å². The topological polar surface area (TPSA) is 20.2 Å². The highest BCUT2D eigenvalue weighted by Crippen LogP contribution is 2.42. The van der Waals surface area contributed by atoms with Crippen molar-refractivity contribution in [3.05, 3.63) is 35.4 Å². The van der Waals surface area contributed by atoms with E-state index in [1.54, 1.807) is 0 Å². The number of aryl methyl sites for hydroxylation is 1. The summed E-state index contributed by atoms with van der Waals surface area (Å²) in [5, 5.41) is 10.5. The molecule has 1 aliphatic rings. The van der Waals surface area contributed by atoms with E-state index in [9.17, 15) is 5.11 Å². The Morgan fingerprint density at radius 2 is 2.06 bits per heavy atom. The SMILES string of the molecule is CCC1CCCC1C(O)c1ccccc1C. The van der Waals surface area contributed by atoms with Gasteiger partial charge >= 0.3 is 0 Å². The molecule has 0 aliphatic heterocycles. The molecule has 1 nitrogen and oxygen atoms in total. The fourth-order valence-electron chi connectivity index (χ4n) is 3.14. The van der Waals surface area contributed by atoms with E-state index in [1.807, 2.05) is 12.1 Å². The lowest BCUT2D eigenvalue weighted by Crippen LogP contribution is -2.17. The van der Waals surface area contributed by atoms with Gasteiger partial charge < -0.3 is 5.11 Å². The Kier molecular flexibility index (Phi) is 3.65. The van der Waals surface area contributed by atoms with Crippen LogP contribution >= 0.6 is 0 Å². The summed E-state index contributed by atoms with van der Waals surface area (Å²) in [7, 11) is 0. The van der Waals surface area contributed by atoms with E-state index in [-0.39, 0.29) is 6.10 Å². The monoisotopic (exact) mass is 218 g/mol. The minimum absolute atomic E-state index is 0.256. The van der Waals surface area contributed by atoms with Crippen LogP contribution in [0.5, 0.6) is 0 Å². The first-order valence-electron chi connectivity index (χ1n) is 6.47. The zero-order valence-corrected chi connectivity index (χ0v) is 10.3. The van der Waals surface area contributed by atoms with Crippen molar-refractivity contribution in [3.63, 3.8) is 0 Å². The number of aliphatic hydroxyl groups excluding tert-OH is 1. The predicted octanol–water partition coefficient (Wildman–Crippen LogP) is 3.85. The molecule has 1 N–H and O–H groups in total. The molecular weight excluding hydrogens is 196 g/mol. The van der Waals surface area contributed by atoms with Crippen LogP contribution in [0.1, 0.15) is 49.8 Å². The van der Waals surface area contributed by atoms with Gasteiger partial charge in [-0.05, 0) is 36.3 Å². The van der Waals surface area contributed by atoms with Crippen molar-refractivity contribution >= 4 is 0 Å². The molecule has 2 rings (SSSR count). The first-order chi connectivity index (χ1) is 7.74. The van der Waals surface area contributed by atoms with Crippen LogP contribution in [0.15, 0.2) is 24.3 Å². The summed E-state index contributed by atoms with van der Waals surface area (Å²) in [5.74, 6) is 1.20. The van der Waals surface area contributed by atoms with E-state index in [1.165, 1.54) is 31.2 Å². The average Bonchev–Trinajstić information content (AvgIpc) is 2.77. The second kappa shape index (κ2) is 5.01. The Labute approximate surface area is 98.5 Å². The highest BCUT2D eigenvalue weighted by atomic mass is 16.3. The lowest BCUT2D eigenvalue weighted by molar-refractivity contribution is 0.0838.